The predicted molar refractivity (Wildman–Crippen MR) is 96.8 cm³/mol. The monoisotopic (exact) mass is 358 g/mol. The number of hydrogen-bond donors (Lipinski definition) is 2. The molecule has 2 amide bonds. The fourth-order valence-corrected chi connectivity index (χ4v) is 3.95. The molecule has 3 rings (SSSR count). The zero-order valence-electron chi connectivity index (χ0n) is 14.9. The molecule has 0 spiro atoms. The van der Waals surface area contributed by atoms with Crippen LogP contribution in [0.25, 0.3) is 0 Å². The SMILES string of the molecule is O=C(O)Cc1cccc(C(=O)NC2CCN(C(=O)C3CCCCC3)C2)c1. The second-order valence-corrected chi connectivity index (χ2v) is 7.35. The van der Waals surface area contributed by atoms with Crippen LogP contribution in [-0.4, -0.2) is 46.9 Å². The van der Waals surface area contributed by atoms with E-state index in [2.05, 4.69) is 5.32 Å². The average molecular weight is 358 g/mol. The van der Waals surface area contributed by atoms with E-state index in [9.17, 15) is 14.4 Å². The molecule has 1 aromatic rings. The van der Waals surface area contributed by atoms with Gasteiger partial charge in [-0.05, 0) is 37.0 Å². The number of nitrogens with one attached hydrogen (secondary N) is 1. The molecule has 6 nitrogen and oxygen atoms in total. The van der Waals surface area contributed by atoms with Gasteiger partial charge in [-0.2, -0.15) is 0 Å². The maximum absolute atomic E-state index is 12.6. The summed E-state index contributed by atoms with van der Waals surface area (Å²) in [6.45, 7) is 1.26. The molecule has 0 radical (unpaired) electrons. The van der Waals surface area contributed by atoms with Gasteiger partial charge in [0.15, 0.2) is 0 Å². The Labute approximate surface area is 153 Å². The molecule has 2 aliphatic rings. The molecule has 6 heteroatoms. The lowest BCUT2D eigenvalue weighted by molar-refractivity contribution is -0.136. The third kappa shape index (κ3) is 4.62. The van der Waals surface area contributed by atoms with Crippen molar-refractivity contribution in [1.82, 2.24) is 10.2 Å². The van der Waals surface area contributed by atoms with Gasteiger partial charge in [0, 0.05) is 30.6 Å². The van der Waals surface area contributed by atoms with Crippen molar-refractivity contribution in [2.24, 2.45) is 5.92 Å². The first kappa shape index (κ1) is 18.4. The summed E-state index contributed by atoms with van der Waals surface area (Å²) >= 11 is 0. The van der Waals surface area contributed by atoms with Gasteiger partial charge in [0.25, 0.3) is 5.91 Å². The maximum Gasteiger partial charge on any atom is 0.307 e. The molecule has 1 aliphatic heterocycles. The van der Waals surface area contributed by atoms with Crippen LogP contribution in [0.5, 0.6) is 0 Å². The molecule has 26 heavy (non-hydrogen) atoms. The first-order valence-electron chi connectivity index (χ1n) is 9.43. The van der Waals surface area contributed by atoms with Gasteiger partial charge in [-0.1, -0.05) is 31.4 Å². The van der Waals surface area contributed by atoms with Crippen molar-refractivity contribution in [2.75, 3.05) is 13.1 Å². The number of benzene rings is 1. The van der Waals surface area contributed by atoms with E-state index < -0.39 is 5.97 Å². The minimum absolute atomic E-state index is 0.0434. The lowest BCUT2D eigenvalue weighted by atomic mass is 9.88. The van der Waals surface area contributed by atoms with Gasteiger partial charge in [0.1, 0.15) is 0 Å². The van der Waals surface area contributed by atoms with Crippen LogP contribution in [0.4, 0.5) is 0 Å². The fourth-order valence-electron chi connectivity index (χ4n) is 3.95. The van der Waals surface area contributed by atoms with Crippen molar-refractivity contribution in [1.29, 1.82) is 0 Å². The zero-order chi connectivity index (χ0) is 18.5. The van der Waals surface area contributed by atoms with Gasteiger partial charge in [-0.15, -0.1) is 0 Å². The van der Waals surface area contributed by atoms with Crippen molar-refractivity contribution in [3.63, 3.8) is 0 Å². The van der Waals surface area contributed by atoms with Gasteiger partial charge in [0.2, 0.25) is 5.91 Å². The maximum atomic E-state index is 12.6. The highest BCUT2D eigenvalue weighted by molar-refractivity contribution is 5.94. The van der Waals surface area contributed by atoms with Gasteiger partial charge < -0.3 is 15.3 Å². The van der Waals surface area contributed by atoms with E-state index in [1.165, 1.54) is 6.42 Å². The van der Waals surface area contributed by atoms with E-state index in [1.807, 2.05) is 4.90 Å². The number of likely N-dealkylation sites (tertiary alicyclic amines) is 1. The zero-order valence-corrected chi connectivity index (χ0v) is 14.9. The van der Waals surface area contributed by atoms with Crippen LogP contribution in [0.1, 0.15) is 54.4 Å². The second-order valence-electron chi connectivity index (χ2n) is 7.35. The summed E-state index contributed by atoms with van der Waals surface area (Å²) in [5.41, 5.74) is 1.06. The fraction of sp³-hybridized carbons (Fsp3) is 0.550. The third-order valence-electron chi connectivity index (χ3n) is 5.33. The average Bonchev–Trinajstić information content (AvgIpc) is 3.10. The number of hydrogen-bond acceptors (Lipinski definition) is 3. The number of carboxylic acid groups (broad SMARTS) is 1. The summed E-state index contributed by atoms with van der Waals surface area (Å²) in [6, 6.07) is 6.65. The first-order chi connectivity index (χ1) is 12.5. The molecule has 1 saturated heterocycles. The number of carboxylic acids is 1. The highest BCUT2D eigenvalue weighted by Gasteiger charge is 2.32. The normalized spacial score (nSPS) is 20.8. The number of rotatable bonds is 5. The molecule has 1 atom stereocenters. The Balaban J connectivity index is 1.54. The highest BCUT2D eigenvalue weighted by Crippen LogP contribution is 2.26. The molecule has 1 unspecified atom stereocenters. The van der Waals surface area contributed by atoms with Crippen LogP contribution < -0.4 is 5.32 Å². The molecule has 2 N–H and O–H groups in total. The first-order valence-corrected chi connectivity index (χ1v) is 9.43. The van der Waals surface area contributed by atoms with Gasteiger partial charge in [-0.25, -0.2) is 0 Å². The number of nitrogens with zero attached hydrogens (tertiary/aromatic N) is 1. The second kappa shape index (κ2) is 8.34. The van der Waals surface area contributed by atoms with Crippen molar-refractivity contribution in [3.05, 3.63) is 35.4 Å². The number of aliphatic carboxylic acids is 1. The molecule has 1 aromatic carbocycles. The van der Waals surface area contributed by atoms with Crippen LogP contribution in [0.2, 0.25) is 0 Å². The Hall–Kier alpha value is -2.37. The molecule has 1 saturated carbocycles. The van der Waals surface area contributed by atoms with Crippen molar-refractivity contribution >= 4 is 17.8 Å². The summed E-state index contributed by atoms with van der Waals surface area (Å²) in [5.74, 6) is -0.736. The molecule has 1 heterocycles. The van der Waals surface area contributed by atoms with Crippen LogP contribution in [0.3, 0.4) is 0 Å². The van der Waals surface area contributed by atoms with Crippen LogP contribution in [-0.2, 0) is 16.0 Å². The van der Waals surface area contributed by atoms with E-state index >= 15 is 0 Å². The molecular weight excluding hydrogens is 332 g/mol. The third-order valence-corrected chi connectivity index (χ3v) is 5.33. The number of carbonyl (C=O) groups excluding carboxylic acids is 2. The van der Waals surface area contributed by atoms with E-state index in [-0.39, 0.29) is 30.2 Å². The number of carbonyl (C=O) groups is 3. The lowest BCUT2D eigenvalue weighted by Crippen LogP contribution is -2.40. The predicted octanol–water partition coefficient (Wildman–Crippen LogP) is 2.22. The highest BCUT2D eigenvalue weighted by atomic mass is 16.4. The van der Waals surface area contributed by atoms with Crippen molar-refractivity contribution in [2.45, 2.75) is 51.0 Å². The molecule has 0 aromatic heterocycles. The minimum Gasteiger partial charge on any atom is -0.481 e. The molecule has 2 fully saturated rings. The Morgan fingerprint density at radius 3 is 2.62 bits per heavy atom. The molecule has 1 aliphatic carbocycles. The summed E-state index contributed by atoms with van der Waals surface area (Å²) in [4.78, 5) is 37.8. The smallest absolute Gasteiger partial charge is 0.307 e. The van der Waals surface area contributed by atoms with Crippen molar-refractivity contribution in [3.8, 4) is 0 Å². The van der Waals surface area contributed by atoms with E-state index in [0.29, 0.717) is 24.2 Å². The Morgan fingerprint density at radius 2 is 1.88 bits per heavy atom. The van der Waals surface area contributed by atoms with Crippen LogP contribution in [0.15, 0.2) is 24.3 Å². The standard InChI is InChI=1S/C20H26N2O4/c23-18(24)12-14-5-4-8-16(11-14)19(25)21-17-9-10-22(13-17)20(26)15-6-2-1-3-7-15/h4-5,8,11,15,17H,1-3,6-7,9-10,12-13H2,(H,21,25)(H,23,24). The van der Waals surface area contributed by atoms with Crippen molar-refractivity contribution < 1.29 is 19.5 Å². The summed E-state index contributed by atoms with van der Waals surface area (Å²) in [6.07, 6.45) is 6.14. The Morgan fingerprint density at radius 1 is 1.12 bits per heavy atom. The van der Waals surface area contributed by atoms with E-state index in [1.54, 1.807) is 24.3 Å². The molecule has 140 valence electrons. The van der Waals surface area contributed by atoms with Gasteiger partial charge in [-0.3, -0.25) is 14.4 Å². The van der Waals surface area contributed by atoms with Crippen LogP contribution >= 0.6 is 0 Å². The van der Waals surface area contributed by atoms with Gasteiger partial charge in [0.05, 0.1) is 6.42 Å². The van der Waals surface area contributed by atoms with Gasteiger partial charge >= 0.3 is 5.97 Å². The summed E-state index contributed by atoms with van der Waals surface area (Å²) < 4.78 is 0. The molecular formula is C20H26N2O4. The number of amides is 2. The lowest BCUT2D eigenvalue weighted by Gasteiger charge is -2.26. The quantitative estimate of drug-likeness (QED) is 0.845. The Kier molecular flexibility index (Phi) is 5.91. The Bertz CT molecular complexity index is 682. The van der Waals surface area contributed by atoms with E-state index in [4.69, 9.17) is 5.11 Å². The van der Waals surface area contributed by atoms with E-state index in [0.717, 1.165) is 32.1 Å². The summed E-state index contributed by atoms with van der Waals surface area (Å²) in [5, 5.41) is 11.9. The minimum atomic E-state index is -0.921. The van der Waals surface area contributed by atoms with Crippen LogP contribution in [0, 0.1) is 5.92 Å². The molecule has 0 bridgehead atoms. The topological polar surface area (TPSA) is 86.7 Å². The summed E-state index contributed by atoms with van der Waals surface area (Å²) in [7, 11) is 0. The largest absolute Gasteiger partial charge is 0.481 e.